The van der Waals surface area contributed by atoms with Gasteiger partial charge in [-0.3, -0.25) is 14.5 Å². The number of anilines is 1. The molecule has 1 aromatic rings. The molecule has 3 rings (SSSR count). The number of hydrogen-bond acceptors (Lipinski definition) is 4. The molecule has 0 spiro atoms. The summed E-state index contributed by atoms with van der Waals surface area (Å²) in [5.74, 6) is -0.820. The largest absolute Gasteiger partial charge is 0.480 e. The first-order valence-corrected chi connectivity index (χ1v) is 8.94. The molecule has 0 bridgehead atoms. The van der Waals surface area contributed by atoms with E-state index in [1.165, 1.54) is 4.90 Å². The number of para-hydroxylation sites is 2. The van der Waals surface area contributed by atoms with E-state index in [-0.39, 0.29) is 12.5 Å². The zero-order valence-electron chi connectivity index (χ0n) is 15.0. The fourth-order valence-corrected chi connectivity index (χ4v) is 3.62. The highest BCUT2D eigenvalue weighted by Gasteiger charge is 2.43. The van der Waals surface area contributed by atoms with Gasteiger partial charge in [-0.1, -0.05) is 19.1 Å². The van der Waals surface area contributed by atoms with E-state index in [2.05, 4.69) is 12.2 Å². The molecule has 0 saturated heterocycles. The normalized spacial score (nSPS) is 28.1. The van der Waals surface area contributed by atoms with Crippen LogP contribution in [-0.4, -0.2) is 41.1 Å². The number of carbonyl (C=O) groups is 3. The van der Waals surface area contributed by atoms with Crippen LogP contribution in [0.5, 0.6) is 5.75 Å². The molecule has 0 radical (unpaired) electrons. The van der Waals surface area contributed by atoms with Crippen molar-refractivity contribution in [1.29, 1.82) is 0 Å². The third-order valence-corrected chi connectivity index (χ3v) is 5.29. The van der Waals surface area contributed by atoms with Crippen molar-refractivity contribution in [1.82, 2.24) is 5.32 Å². The van der Waals surface area contributed by atoms with Gasteiger partial charge in [0.2, 0.25) is 5.91 Å². The van der Waals surface area contributed by atoms with Crippen molar-refractivity contribution in [2.45, 2.75) is 51.2 Å². The molecule has 1 fully saturated rings. The van der Waals surface area contributed by atoms with Crippen molar-refractivity contribution in [3.8, 4) is 5.75 Å². The van der Waals surface area contributed by atoms with Crippen LogP contribution in [0.15, 0.2) is 24.3 Å². The number of aliphatic carboxylic acids is 1. The number of benzene rings is 1. The second-order valence-electron chi connectivity index (χ2n) is 7.27. The Hall–Kier alpha value is -2.57. The van der Waals surface area contributed by atoms with Gasteiger partial charge < -0.3 is 15.2 Å². The summed E-state index contributed by atoms with van der Waals surface area (Å²) in [5.41, 5.74) is -0.725. The van der Waals surface area contributed by atoms with Gasteiger partial charge in [0.25, 0.3) is 5.91 Å². The van der Waals surface area contributed by atoms with Crippen molar-refractivity contribution in [2.75, 3.05) is 11.4 Å². The van der Waals surface area contributed by atoms with Crippen LogP contribution in [-0.2, 0) is 14.4 Å². The van der Waals surface area contributed by atoms with Crippen LogP contribution in [0.4, 0.5) is 5.69 Å². The summed E-state index contributed by atoms with van der Waals surface area (Å²) in [6.45, 7) is 3.48. The van der Waals surface area contributed by atoms with E-state index in [9.17, 15) is 19.5 Å². The predicted molar refractivity (Wildman–Crippen MR) is 95.0 cm³/mol. The fourth-order valence-electron chi connectivity index (χ4n) is 3.62. The summed E-state index contributed by atoms with van der Waals surface area (Å²) in [5, 5.41) is 12.4. The molecule has 2 aliphatic rings. The lowest BCUT2D eigenvalue weighted by molar-refractivity contribution is -0.149. The minimum atomic E-state index is -1.25. The number of nitrogens with one attached hydrogen (secondary N) is 1. The monoisotopic (exact) mass is 360 g/mol. The molecule has 7 heteroatoms. The lowest BCUT2D eigenvalue weighted by Crippen LogP contribution is -2.59. The molecule has 1 aromatic carbocycles. The maximum atomic E-state index is 12.6. The third kappa shape index (κ3) is 3.38. The first-order chi connectivity index (χ1) is 12.3. The molecular formula is C19H24N2O5. The highest BCUT2D eigenvalue weighted by atomic mass is 16.5. The zero-order valence-corrected chi connectivity index (χ0v) is 15.0. The number of hydrogen-bond donors (Lipinski definition) is 2. The number of carboxylic acid groups (broad SMARTS) is 1. The van der Waals surface area contributed by atoms with Crippen molar-refractivity contribution in [3.05, 3.63) is 24.3 Å². The van der Waals surface area contributed by atoms with E-state index in [0.717, 1.165) is 12.8 Å². The van der Waals surface area contributed by atoms with Gasteiger partial charge >= 0.3 is 5.97 Å². The van der Waals surface area contributed by atoms with E-state index in [4.69, 9.17) is 4.74 Å². The Labute approximate surface area is 152 Å². The van der Waals surface area contributed by atoms with Gasteiger partial charge in [0.15, 0.2) is 6.10 Å². The summed E-state index contributed by atoms with van der Waals surface area (Å²) in [6, 6.07) is 7.01. The average molecular weight is 360 g/mol. The van der Waals surface area contributed by atoms with Crippen molar-refractivity contribution in [2.24, 2.45) is 5.92 Å². The Morgan fingerprint density at radius 3 is 2.58 bits per heavy atom. The van der Waals surface area contributed by atoms with Crippen LogP contribution in [0.2, 0.25) is 0 Å². The molecule has 2 N–H and O–H groups in total. The Morgan fingerprint density at radius 1 is 1.27 bits per heavy atom. The molecule has 1 unspecified atom stereocenters. The van der Waals surface area contributed by atoms with E-state index in [0.29, 0.717) is 30.2 Å². The number of fused-ring (bicyclic) bond motifs is 1. The van der Waals surface area contributed by atoms with Crippen LogP contribution in [0.1, 0.15) is 39.5 Å². The van der Waals surface area contributed by atoms with Gasteiger partial charge in [-0.05, 0) is 50.7 Å². The van der Waals surface area contributed by atoms with Gasteiger partial charge in [-0.15, -0.1) is 0 Å². The van der Waals surface area contributed by atoms with E-state index in [1.807, 2.05) is 0 Å². The van der Waals surface area contributed by atoms with Gasteiger partial charge in [-0.2, -0.15) is 0 Å². The SMILES string of the molecule is CC1CCC(NC(=O)CN2C(=O)C(C)Oc3ccccc32)(C(=O)O)CC1. The number of rotatable bonds is 4. The Morgan fingerprint density at radius 2 is 1.92 bits per heavy atom. The molecule has 1 aliphatic carbocycles. The van der Waals surface area contributed by atoms with E-state index >= 15 is 0 Å². The van der Waals surface area contributed by atoms with Crippen LogP contribution in [0.25, 0.3) is 0 Å². The first-order valence-electron chi connectivity index (χ1n) is 8.94. The smallest absolute Gasteiger partial charge is 0.329 e. The topological polar surface area (TPSA) is 95.9 Å². The summed E-state index contributed by atoms with van der Waals surface area (Å²) in [7, 11) is 0. The summed E-state index contributed by atoms with van der Waals surface area (Å²) in [6.07, 6.45) is 1.62. The standard InChI is InChI=1S/C19H24N2O5/c1-12-7-9-19(10-8-12,18(24)25)20-16(22)11-21-14-5-3-4-6-15(14)26-13(2)17(21)23/h3-6,12-13H,7-11H2,1-2H3,(H,20,22)(H,24,25). The van der Waals surface area contributed by atoms with Crippen LogP contribution in [0.3, 0.4) is 0 Å². The highest BCUT2D eigenvalue weighted by molar-refractivity contribution is 6.04. The highest BCUT2D eigenvalue weighted by Crippen LogP contribution is 2.34. The minimum absolute atomic E-state index is 0.228. The Balaban J connectivity index is 1.77. The number of ether oxygens (including phenoxy) is 1. The molecule has 1 heterocycles. The Kier molecular flexibility index (Phi) is 4.89. The number of carbonyl (C=O) groups excluding carboxylic acids is 2. The molecule has 26 heavy (non-hydrogen) atoms. The molecule has 0 aromatic heterocycles. The van der Waals surface area contributed by atoms with Crippen LogP contribution in [0, 0.1) is 5.92 Å². The average Bonchev–Trinajstić information content (AvgIpc) is 2.61. The predicted octanol–water partition coefficient (Wildman–Crippen LogP) is 1.95. The van der Waals surface area contributed by atoms with Crippen molar-refractivity contribution in [3.63, 3.8) is 0 Å². The van der Waals surface area contributed by atoms with Gasteiger partial charge in [0.05, 0.1) is 5.69 Å². The molecule has 2 amide bonds. The van der Waals surface area contributed by atoms with Gasteiger partial charge in [-0.25, -0.2) is 4.79 Å². The number of nitrogens with zero attached hydrogens (tertiary/aromatic N) is 1. The van der Waals surface area contributed by atoms with Crippen LogP contribution >= 0.6 is 0 Å². The van der Waals surface area contributed by atoms with Gasteiger partial charge in [0, 0.05) is 0 Å². The second kappa shape index (κ2) is 6.97. The molecule has 1 aliphatic heterocycles. The minimum Gasteiger partial charge on any atom is -0.480 e. The van der Waals surface area contributed by atoms with E-state index < -0.39 is 23.5 Å². The first kappa shape index (κ1) is 18.2. The molecular weight excluding hydrogens is 336 g/mol. The summed E-state index contributed by atoms with van der Waals surface area (Å²) < 4.78 is 5.56. The van der Waals surface area contributed by atoms with E-state index in [1.54, 1.807) is 31.2 Å². The summed E-state index contributed by atoms with van der Waals surface area (Å²) >= 11 is 0. The second-order valence-corrected chi connectivity index (χ2v) is 7.27. The molecule has 1 atom stereocenters. The van der Waals surface area contributed by atoms with Crippen molar-refractivity contribution >= 4 is 23.5 Å². The van der Waals surface area contributed by atoms with Crippen LogP contribution < -0.4 is 15.0 Å². The summed E-state index contributed by atoms with van der Waals surface area (Å²) in [4.78, 5) is 38.3. The third-order valence-electron chi connectivity index (χ3n) is 5.29. The lowest BCUT2D eigenvalue weighted by atomic mass is 9.77. The maximum Gasteiger partial charge on any atom is 0.329 e. The number of amides is 2. The molecule has 1 saturated carbocycles. The van der Waals surface area contributed by atoms with Gasteiger partial charge in [0.1, 0.15) is 17.8 Å². The zero-order chi connectivity index (χ0) is 18.9. The molecule has 7 nitrogen and oxygen atoms in total. The lowest BCUT2D eigenvalue weighted by Gasteiger charge is -2.37. The van der Waals surface area contributed by atoms with Crippen molar-refractivity contribution < 1.29 is 24.2 Å². The quantitative estimate of drug-likeness (QED) is 0.856. The number of carboxylic acids is 1. The maximum absolute atomic E-state index is 12.6. The molecule has 140 valence electrons. The fraction of sp³-hybridized carbons (Fsp3) is 0.526. The Bertz CT molecular complexity index is 724.